The van der Waals surface area contributed by atoms with Gasteiger partial charge in [0.2, 0.25) is 17.0 Å². The first-order chi connectivity index (χ1) is 7.65. The van der Waals surface area contributed by atoms with E-state index < -0.39 is 0 Å². The number of rotatable bonds is 4. The van der Waals surface area contributed by atoms with Gasteiger partial charge in [0.25, 0.3) is 0 Å². The molecule has 0 saturated carbocycles. The van der Waals surface area contributed by atoms with Crippen LogP contribution >= 0.6 is 11.8 Å². The molecule has 2 aromatic heterocycles. The fourth-order valence-corrected chi connectivity index (χ4v) is 1.65. The maximum absolute atomic E-state index is 5.40. The van der Waals surface area contributed by atoms with Crippen molar-refractivity contribution in [3.05, 3.63) is 11.7 Å². The van der Waals surface area contributed by atoms with Gasteiger partial charge in [0.15, 0.2) is 5.82 Å². The zero-order valence-corrected chi connectivity index (χ0v) is 9.78. The molecule has 0 aliphatic heterocycles. The summed E-state index contributed by atoms with van der Waals surface area (Å²) in [4.78, 5) is 8.19. The van der Waals surface area contributed by atoms with E-state index in [4.69, 9.17) is 10.3 Å². The van der Waals surface area contributed by atoms with Gasteiger partial charge >= 0.3 is 0 Å². The molecule has 2 aromatic rings. The topological polar surface area (TPSA) is 107 Å². The summed E-state index contributed by atoms with van der Waals surface area (Å²) >= 11 is 1.39. The van der Waals surface area contributed by atoms with E-state index in [-0.39, 0.29) is 5.92 Å². The summed E-state index contributed by atoms with van der Waals surface area (Å²) in [5.74, 6) is 2.39. The van der Waals surface area contributed by atoms with Gasteiger partial charge in [-0.3, -0.25) is 0 Å². The van der Waals surface area contributed by atoms with Crippen molar-refractivity contribution < 1.29 is 4.52 Å². The number of aromatic amines is 1. The molecule has 0 spiro atoms. The van der Waals surface area contributed by atoms with E-state index in [2.05, 4.69) is 25.3 Å². The Bertz CT molecular complexity index is 465. The van der Waals surface area contributed by atoms with Crippen molar-refractivity contribution in [3.63, 3.8) is 0 Å². The van der Waals surface area contributed by atoms with Gasteiger partial charge in [-0.15, -0.1) is 5.10 Å². The average molecular weight is 240 g/mol. The van der Waals surface area contributed by atoms with Crippen molar-refractivity contribution in [1.82, 2.24) is 25.3 Å². The highest BCUT2D eigenvalue weighted by atomic mass is 32.2. The van der Waals surface area contributed by atoms with Gasteiger partial charge in [0.05, 0.1) is 5.75 Å². The Balaban J connectivity index is 1.94. The largest absolute Gasteiger partial charge is 0.368 e. The highest BCUT2D eigenvalue weighted by Crippen LogP contribution is 2.19. The van der Waals surface area contributed by atoms with E-state index in [0.29, 0.717) is 28.6 Å². The quantitative estimate of drug-likeness (QED) is 0.773. The molecule has 0 fully saturated rings. The molecule has 7 nitrogen and oxygen atoms in total. The van der Waals surface area contributed by atoms with Gasteiger partial charge in [-0.05, 0) is 0 Å². The first kappa shape index (κ1) is 10.9. The third-order valence-electron chi connectivity index (χ3n) is 1.81. The van der Waals surface area contributed by atoms with Crippen LogP contribution in [-0.2, 0) is 5.75 Å². The molecule has 0 bridgehead atoms. The SMILES string of the molecule is CC(C)c1noc(CSc2n[nH]c(N)n2)n1. The Labute approximate surface area is 96.2 Å². The van der Waals surface area contributed by atoms with Gasteiger partial charge in [-0.1, -0.05) is 30.8 Å². The molecule has 0 amide bonds. The highest BCUT2D eigenvalue weighted by molar-refractivity contribution is 7.98. The number of nitrogens with one attached hydrogen (secondary N) is 1. The van der Waals surface area contributed by atoms with E-state index in [0.717, 1.165) is 0 Å². The lowest BCUT2D eigenvalue weighted by atomic mass is 10.2. The van der Waals surface area contributed by atoms with Crippen molar-refractivity contribution in [2.45, 2.75) is 30.7 Å². The predicted octanol–water partition coefficient (Wildman–Crippen LogP) is 1.19. The van der Waals surface area contributed by atoms with Crippen molar-refractivity contribution in [3.8, 4) is 0 Å². The maximum Gasteiger partial charge on any atom is 0.237 e. The summed E-state index contributed by atoms with van der Waals surface area (Å²) in [6.45, 7) is 4.02. The first-order valence-electron chi connectivity index (χ1n) is 4.78. The third-order valence-corrected chi connectivity index (χ3v) is 2.64. The Morgan fingerprint density at radius 2 is 2.25 bits per heavy atom. The van der Waals surface area contributed by atoms with E-state index in [1.807, 2.05) is 13.8 Å². The summed E-state index contributed by atoms with van der Waals surface area (Å²) in [6.07, 6.45) is 0. The van der Waals surface area contributed by atoms with Crippen LogP contribution in [0.1, 0.15) is 31.5 Å². The Morgan fingerprint density at radius 3 is 2.81 bits per heavy atom. The Hall–Kier alpha value is -1.57. The van der Waals surface area contributed by atoms with Crippen LogP contribution in [0.5, 0.6) is 0 Å². The van der Waals surface area contributed by atoms with Crippen LogP contribution < -0.4 is 5.73 Å². The van der Waals surface area contributed by atoms with E-state index >= 15 is 0 Å². The molecule has 0 saturated heterocycles. The summed E-state index contributed by atoms with van der Waals surface area (Å²) in [5, 5.41) is 10.9. The molecule has 2 heterocycles. The molecule has 0 aromatic carbocycles. The summed E-state index contributed by atoms with van der Waals surface area (Å²) in [6, 6.07) is 0. The summed E-state index contributed by atoms with van der Waals surface area (Å²) < 4.78 is 5.08. The number of hydrogen-bond donors (Lipinski definition) is 2. The van der Waals surface area contributed by atoms with Gasteiger partial charge in [-0.25, -0.2) is 5.10 Å². The molecule has 3 N–H and O–H groups in total. The Morgan fingerprint density at radius 1 is 1.44 bits per heavy atom. The number of nitrogens with two attached hydrogens (primary N) is 1. The van der Waals surface area contributed by atoms with Gasteiger partial charge < -0.3 is 10.3 Å². The first-order valence-corrected chi connectivity index (χ1v) is 5.77. The second-order valence-electron chi connectivity index (χ2n) is 3.49. The summed E-state index contributed by atoms with van der Waals surface area (Å²) in [7, 11) is 0. The van der Waals surface area contributed by atoms with E-state index in [1.54, 1.807) is 0 Å². The molecule has 0 aliphatic carbocycles. The minimum Gasteiger partial charge on any atom is -0.368 e. The lowest BCUT2D eigenvalue weighted by Crippen LogP contribution is -1.90. The van der Waals surface area contributed by atoms with Crippen LogP contribution in [0.25, 0.3) is 0 Å². The van der Waals surface area contributed by atoms with Crippen molar-refractivity contribution in [1.29, 1.82) is 0 Å². The fraction of sp³-hybridized carbons (Fsp3) is 0.500. The smallest absolute Gasteiger partial charge is 0.237 e. The van der Waals surface area contributed by atoms with Crippen LogP contribution in [0.4, 0.5) is 5.95 Å². The predicted molar refractivity (Wildman–Crippen MR) is 58.7 cm³/mol. The van der Waals surface area contributed by atoms with Crippen LogP contribution in [0, 0.1) is 0 Å². The average Bonchev–Trinajstić information content (AvgIpc) is 2.83. The van der Waals surface area contributed by atoms with Gasteiger partial charge in [0, 0.05) is 5.92 Å². The second kappa shape index (κ2) is 4.52. The molecular formula is C8H12N6OS. The maximum atomic E-state index is 5.40. The number of aromatic nitrogens is 5. The number of nitrogens with zero attached hydrogens (tertiary/aromatic N) is 4. The number of H-pyrrole nitrogens is 1. The zero-order chi connectivity index (χ0) is 11.5. The van der Waals surface area contributed by atoms with Crippen LogP contribution in [0.15, 0.2) is 9.68 Å². The monoisotopic (exact) mass is 240 g/mol. The van der Waals surface area contributed by atoms with Gasteiger partial charge in [-0.2, -0.15) is 9.97 Å². The van der Waals surface area contributed by atoms with Crippen molar-refractivity contribution >= 4 is 17.7 Å². The molecular weight excluding hydrogens is 228 g/mol. The third kappa shape index (κ3) is 2.51. The number of hydrogen-bond acceptors (Lipinski definition) is 7. The molecule has 8 heteroatoms. The second-order valence-corrected chi connectivity index (χ2v) is 4.44. The highest BCUT2D eigenvalue weighted by Gasteiger charge is 2.10. The molecule has 0 unspecified atom stereocenters. The number of nitrogen functional groups attached to an aromatic ring is 1. The van der Waals surface area contributed by atoms with Crippen LogP contribution in [0.3, 0.4) is 0 Å². The summed E-state index contributed by atoms with van der Waals surface area (Å²) in [5.41, 5.74) is 5.40. The molecule has 86 valence electrons. The lowest BCUT2D eigenvalue weighted by Gasteiger charge is -1.92. The van der Waals surface area contributed by atoms with Crippen LogP contribution in [0.2, 0.25) is 0 Å². The fourth-order valence-electron chi connectivity index (χ4n) is 1.01. The van der Waals surface area contributed by atoms with Crippen LogP contribution in [-0.4, -0.2) is 25.3 Å². The standard InChI is InChI=1S/C8H12N6OS/c1-4(2)6-10-5(15-14-6)3-16-8-11-7(9)12-13-8/h4H,3H2,1-2H3,(H3,9,11,12,13). The minimum absolute atomic E-state index is 0.265. The number of anilines is 1. The minimum atomic E-state index is 0.265. The molecule has 0 radical (unpaired) electrons. The zero-order valence-electron chi connectivity index (χ0n) is 8.97. The molecule has 0 atom stereocenters. The molecule has 16 heavy (non-hydrogen) atoms. The van der Waals surface area contributed by atoms with E-state index in [1.165, 1.54) is 11.8 Å². The van der Waals surface area contributed by atoms with E-state index in [9.17, 15) is 0 Å². The van der Waals surface area contributed by atoms with Crippen molar-refractivity contribution in [2.75, 3.05) is 5.73 Å². The molecule has 0 aliphatic rings. The molecule has 2 rings (SSSR count). The normalized spacial score (nSPS) is 11.2. The number of thioether (sulfide) groups is 1. The Kier molecular flexibility index (Phi) is 3.09. The van der Waals surface area contributed by atoms with Crippen molar-refractivity contribution in [2.24, 2.45) is 0 Å². The van der Waals surface area contributed by atoms with Gasteiger partial charge in [0.1, 0.15) is 0 Å². The lowest BCUT2D eigenvalue weighted by molar-refractivity contribution is 0.383.